The number of hydrogen-bond acceptors (Lipinski definition) is 6. The molecule has 2 aliphatic rings. The van der Waals surface area contributed by atoms with E-state index in [1.54, 1.807) is 0 Å². The highest BCUT2D eigenvalue weighted by atomic mass is 15.4. The fraction of sp³-hybridized carbons (Fsp3) is 0.182. The Morgan fingerprint density at radius 3 is 1.40 bits per heavy atom. The lowest BCUT2D eigenvalue weighted by molar-refractivity contribution is -0.447. The molecular formula is C22H24N8+2. The minimum Gasteiger partial charge on any atom is -0.273 e. The molecule has 3 aromatic rings. The van der Waals surface area contributed by atoms with Crippen molar-refractivity contribution in [3.05, 3.63) is 59.7 Å². The Morgan fingerprint density at radius 2 is 1.07 bits per heavy atom. The van der Waals surface area contributed by atoms with E-state index in [1.165, 1.54) is 0 Å². The van der Waals surface area contributed by atoms with Gasteiger partial charge >= 0.3 is 11.9 Å². The third-order valence-corrected chi connectivity index (χ3v) is 5.21. The zero-order chi connectivity index (χ0) is 20.2. The average molecular weight is 400 g/mol. The smallest absolute Gasteiger partial charge is 0.273 e. The van der Waals surface area contributed by atoms with Gasteiger partial charge in [0.05, 0.1) is 38.6 Å². The summed E-state index contributed by atoms with van der Waals surface area (Å²) in [5, 5.41) is 19.9. The number of nitrogens with one attached hydrogen (secondary N) is 6. The zero-order valence-corrected chi connectivity index (χ0v) is 16.5. The van der Waals surface area contributed by atoms with Crippen LogP contribution in [0.15, 0.2) is 58.7 Å². The van der Waals surface area contributed by atoms with Crippen molar-refractivity contribution >= 4 is 45.9 Å². The molecule has 0 saturated heterocycles. The minimum atomic E-state index is 0.835. The van der Waals surface area contributed by atoms with Crippen LogP contribution in [0.25, 0.3) is 21.5 Å². The van der Waals surface area contributed by atoms with Crippen LogP contribution in [-0.2, 0) is 0 Å². The van der Waals surface area contributed by atoms with Gasteiger partial charge in [-0.25, -0.2) is 0 Å². The number of rotatable bonds is 4. The molecule has 3 aromatic carbocycles. The lowest BCUT2D eigenvalue weighted by Crippen LogP contribution is -2.73. The standard InChI is InChI=1S/C22H22N8/c1-2-6-16-15(5-1)19(13-27-29-21-23-9-10-24-21)17-7-3-4-8-18(17)20(16)14-28-30-22-25-11-12-26-22/h1-8,13-14H,9-12H2,(H2,23,24,29)(H2,25,26,30)/p+2/b27-13+,28-14+. The first-order valence-electron chi connectivity index (χ1n) is 10.1. The fourth-order valence-electron chi connectivity index (χ4n) is 3.83. The van der Waals surface area contributed by atoms with Gasteiger partial charge in [-0.05, 0) is 21.5 Å². The summed E-state index contributed by atoms with van der Waals surface area (Å²) in [7, 11) is 0. The Balaban J connectivity index is 1.58. The van der Waals surface area contributed by atoms with Gasteiger partial charge in [0, 0.05) is 11.1 Å². The first-order valence-corrected chi connectivity index (χ1v) is 10.1. The van der Waals surface area contributed by atoms with Gasteiger partial charge in [-0.1, -0.05) is 48.5 Å². The highest BCUT2D eigenvalue weighted by Gasteiger charge is 2.14. The van der Waals surface area contributed by atoms with Crippen molar-refractivity contribution in [2.75, 3.05) is 26.2 Å². The van der Waals surface area contributed by atoms with E-state index in [4.69, 9.17) is 0 Å². The molecule has 0 bridgehead atoms. The third-order valence-electron chi connectivity index (χ3n) is 5.21. The van der Waals surface area contributed by atoms with Gasteiger partial charge in [0.15, 0.2) is 0 Å². The maximum Gasteiger partial charge on any atom is 0.367 e. The van der Waals surface area contributed by atoms with Gasteiger partial charge < -0.3 is 0 Å². The molecule has 0 unspecified atom stereocenters. The lowest BCUT2D eigenvalue weighted by Gasteiger charge is -2.11. The normalized spacial score (nSPS) is 16.1. The van der Waals surface area contributed by atoms with Gasteiger partial charge in [0.25, 0.3) is 0 Å². The van der Waals surface area contributed by atoms with Crippen LogP contribution in [0.1, 0.15) is 11.1 Å². The van der Waals surface area contributed by atoms with E-state index in [-0.39, 0.29) is 0 Å². The second-order valence-electron chi connectivity index (χ2n) is 7.12. The second kappa shape index (κ2) is 8.20. The summed E-state index contributed by atoms with van der Waals surface area (Å²) in [5.74, 6) is 1.67. The Bertz CT molecular complexity index is 1060. The number of fused-ring (bicyclic) bond motifs is 2. The van der Waals surface area contributed by atoms with E-state index < -0.39 is 0 Å². The quantitative estimate of drug-likeness (QED) is 0.172. The van der Waals surface area contributed by atoms with E-state index in [1.807, 2.05) is 12.4 Å². The van der Waals surface area contributed by atoms with E-state index in [0.29, 0.717) is 0 Å². The van der Waals surface area contributed by atoms with Gasteiger partial charge in [0.1, 0.15) is 0 Å². The zero-order valence-electron chi connectivity index (χ0n) is 16.5. The summed E-state index contributed by atoms with van der Waals surface area (Å²) < 4.78 is 0. The van der Waals surface area contributed by atoms with E-state index in [2.05, 4.69) is 90.2 Å². The predicted molar refractivity (Wildman–Crippen MR) is 121 cm³/mol. The van der Waals surface area contributed by atoms with Crippen LogP contribution in [0, 0.1) is 0 Å². The van der Waals surface area contributed by atoms with Gasteiger partial charge in [-0.3, -0.25) is 20.6 Å². The van der Waals surface area contributed by atoms with Crippen LogP contribution in [0.4, 0.5) is 0 Å². The van der Waals surface area contributed by atoms with Crippen molar-refractivity contribution in [1.29, 1.82) is 0 Å². The van der Waals surface area contributed by atoms with Crippen LogP contribution in [0.2, 0.25) is 0 Å². The molecule has 0 amide bonds. The number of hydrazone groups is 2. The average Bonchev–Trinajstić information content (AvgIpc) is 3.49. The largest absolute Gasteiger partial charge is 0.367 e. The molecule has 2 heterocycles. The Kier molecular flexibility index (Phi) is 4.95. The summed E-state index contributed by atoms with van der Waals surface area (Å²) in [6, 6.07) is 16.7. The highest BCUT2D eigenvalue weighted by Crippen LogP contribution is 2.31. The lowest BCUT2D eigenvalue weighted by atomic mass is 9.92. The van der Waals surface area contributed by atoms with Crippen LogP contribution in [0.5, 0.6) is 0 Å². The summed E-state index contributed by atoms with van der Waals surface area (Å²) in [5.41, 5.74) is 8.25. The summed E-state index contributed by atoms with van der Waals surface area (Å²) in [6.45, 7) is 3.60. The fourth-order valence-corrected chi connectivity index (χ4v) is 3.83. The van der Waals surface area contributed by atoms with Crippen molar-refractivity contribution in [1.82, 2.24) is 21.5 Å². The van der Waals surface area contributed by atoms with Crippen molar-refractivity contribution in [2.24, 2.45) is 10.2 Å². The van der Waals surface area contributed by atoms with Gasteiger partial charge in [-0.15, -0.1) is 10.2 Å². The molecule has 0 fully saturated rings. The molecule has 8 nitrogen and oxygen atoms in total. The van der Waals surface area contributed by atoms with Crippen molar-refractivity contribution < 1.29 is 9.98 Å². The minimum absolute atomic E-state index is 0.835. The molecule has 5 rings (SSSR count). The molecule has 2 aliphatic heterocycles. The molecule has 0 saturated carbocycles. The molecule has 150 valence electrons. The summed E-state index contributed by atoms with van der Waals surface area (Å²) >= 11 is 0. The molecule has 0 spiro atoms. The molecule has 0 aromatic heterocycles. The van der Waals surface area contributed by atoms with Crippen LogP contribution in [0.3, 0.4) is 0 Å². The van der Waals surface area contributed by atoms with Crippen LogP contribution < -0.4 is 31.5 Å². The Morgan fingerprint density at radius 1 is 0.667 bits per heavy atom. The first-order chi connectivity index (χ1) is 14.9. The molecule has 0 radical (unpaired) electrons. The third kappa shape index (κ3) is 3.55. The van der Waals surface area contributed by atoms with Gasteiger partial charge in [-0.2, -0.15) is 10.9 Å². The van der Waals surface area contributed by atoms with Crippen LogP contribution in [-0.4, -0.2) is 50.5 Å². The molecule has 8 heteroatoms. The van der Waals surface area contributed by atoms with Crippen molar-refractivity contribution in [2.45, 2.75) is 0 Å². The SMILES string of the molecule is C(=N\NC1=[NH+]CCN1)/c1c2ccccc2c(/C=N/NC2=[NH+]CCN2)c2ccccc12. The summed E-state index contributed by atoms with van der Waals surface area (Å²) in [6.07, 6.45) is 3.78. The van der Waals surface area contributed by atoms with E-state index >= 15 is 0 Å². The molecule has 6 N–H and O–H groups in total. The number of hydrogen-bond donors (Lipinski definition) is 6. The summed E-state index contributed by atoms with van der Waals surface area (Å²) in [4.78, 5) is 6.43. The number of nitrogens with zero attached hydrogens (tertiary/aromatic N) is 2. The molecular weight excluding hydrogens is 376 g/mol. The molecule has 0 atom stereocenters. The topological polar surface area (TPSA) is 101 Å². The second-order valence-corrected chi connectivity index (χ2v) is 7.12. The number of benzene rings is 3. The van der Waals surface area contributed by atoms with E-state index in [9.17, 15) is 0 Å². The maximum atomic E-state index is 4.47. The number of guanidine groups is 2. The van der Waals surface area contributed by atoms with Crippen molar-refractivity contribution in [3.63, 3.8) is 0 Å². The maximum absolute atomic E-state index is 4.47. The van der Waals surface area contributed by atoms with E-state index in [0.717, 1.165) is 70.8 Å². The van der Waals surface area contributed by atoms with Gasteiger partial charge in [0.2, 0.25) is 0 Å². The van der Waals surface area contributed by atoms with Crippen LogP contribution >= 0.6 is 0 Å². The highest BCUT2D eigenvalue weighted by molar-refractivity contribution is 6.21. The molecule has 0 aliphatic carbocycles. The molecule has 30 heavy (non-hydrogen) atoms. The monoisotopic (exact) mass is 400 g/mol. The Hall–Kier alpha value is -3.94. The predicted octanol–water partition coefficient (Wildman–Crippen LogP) is -2.08. The Labute approximate surface area is 173 Å². The first kappa shape index (κ1) is 18.1. The van der Waals surface area contributed by atoms with Crippen molar-refractivity contribution in [3.8, 4) is 0 Å².